The molecule has 4 rings (SSSR count). The van der Waals surface area contributed by atoms with E-state index < -0.39 is 8.32 Å². The first-order valence-electron chi connectivity index (χ1n) is 13.8. The van der Waals surface area contributed by atoms with Gasteiger partial charge in [-0.25, -0.2) is 0 Å². The molecule has 0 radical (unpaired) electrons. The Balaban J connectivity index is 1.66. The molecule has 38 heavy (non-hydrogen) atoms. The van der Waals surface area contributed by atoms with Gasteiger partial charge in [-0.3, -0.25) is 9.80 Å². The van der Waals surface area contributed by atoms with Crippen LogP contribution in [0.25, 0.3) is 0 Å². The van der Waals surface area contributed by atoms with Crippen LogP contribution in [-0.4, -0.2) is 43.3 Å². The molecule has 3 atom stereocenters. The first-order valence-corrected chi connectivity index (χ1v) is 16.7. The van der Waals surface area contributed by atoms with E-state index >= 15 is 0 Å². The molecule has 0 spiro atoms. The molecule has 1 aliphatic rings. The lowest BCUT2D eigenvalue weighted by atomic mass is 9.93. The summed E-state index contributed by atoms with van der Waals surface area (Å²) in [5, 5.41) is 9.52. The molecule has 0 N–H and O–H groups in total. The van der Waals surface area contributed by atoms with Crippen LogP contribution < -0.4 is 4.43 Å². The van der Waals surface area contributed by atoms with Crippen molar-refractivity contribution in [2.24, 2.45) is 0 Å². The number of nitriles is 1. The summed E-state index contributed by atoms with van der Waals surface area (Å²) in [4.78, 5) is 5.24. The number of rotatable bonds is 7. The third-order valence-corrected chi connectivity index (χ3v) is 12.8. The van der Waals surface area contributed by atoms with Crippen LogP contribution in [0.4, 0.5) is 0 Å². The second kappa shape index (κ2) is 11.5. The van der Waals surface area contributed by atoms with Gasteiger partial charge < -0.3 is 4.43 Å². The van der Waals surface area contributed by atoms with Gasteiger partial charge in [-0.2, -0.15) is 5.26 Å². The van der Waals surface area contributed by atoms with E-state index in [0.29, 0.717) is 17.6 Å². The monoisotopic (exact) mass is 525 g/mol. The second-order valence-corrected chi connectivity index (χ2v) is 17.1. The first kappa shape index (κ1) is 28.1. The number of benzene rings is 3. The third kappa shape index (κ3) is 6.38. The van der Waals surface area contributed by atoms with Crippen molar-refractivity contribution in [3.05, 3.63) is 101 Å². The lowest BCUT2D eigenvalue weighted by molar-refractivity contribution is 0.0195. The fourth-order valence-corrected chi connectivity index (χ4v) is 6.16. The molecule has 0 aromatic heterocycles. The predicted molar refractivity (Wildman–Crippen MR) is 160 cm³/mol. The molecule has 1 heterocycles. The van der Waals surface area contributed by atoms with Crippen LogP contribution in [0.5, 0.6) is 5.75 Å². The molecule has 1 aliphatic heterocycles. The van der Waals surface area contributed by atoms with Gasteiger partial charge in [-0.15, -0.1) is 0 Å². The Labute approximate surface area is 231 Å². The summed E-state index contributed by atoms with van der Waals surface area (Å²) in [6, 6.07) is 30.7. The summed E-state index contributed by atoms with van der Waals surface area (Å²) in [6.07, 6.45) is 0. The zero-order chi connectivity index (χ0) is 27.5. The van der Waals surface area contributed by atoms with Crippen molar-refractivity contribution in [1.29, 1.82) is 5.26 Å². The molecule has 5 heteroatoms. The maximum Gasteiger partial charge on any atom is 0.250 e. The van der Waals surface area contributed by atoms with E-state index in [1.165, 1.54) is 16.7 Å². The average Bonchev–Trinajstić information content (AvgIpc) is 2.87. The Kier molecular flexibility index (Phi) is 8.47. The van der Waals surface area contributed by atoms with E-state index in [0.717, 1.165) is 25.4 Å². The maximum atomic E-state index is 9.39. The van der Waals surface area contributed by atoms with Gasteiger partial charge >= 0.3 is 0 Å². The van der Waals surface area contributed by atoms with E-state index in [9.17, 15) is 5.26 Å². The molecule has 0 saturated carbocycles. The van der Waals surface area contributed by atoms with Gasteiger partial charge in [-0.1, -0.05) is 75.4 Å². The first-order chi connectivity index (χ1) is 18.0. The van der Waals surface area contributed by atoms with E-state index in [1.807, 2.05) is 12.1 Å². The summed E-state index contributed by atoms with van der Waals surface area (Å²) in [5.74, 6) is 0.955. The number of hydrogen-bond donors (Lipinski definition) is 0. The zero-order valence-electron chi connectivity index (χ0n) is 24.1. The van der Waals surface area contributed by atoms with Gasteiger partial charge in [0.2, 0.25) is 8.32 Å². The summed E-state index contributed by atoms with van der Waals surface area (Å²) in [5.41, 5.74) is 4.50. The Bertz CT molecular complexity index is 1240. The Morgan fingerprint density at radius 2 is 1.58 bits per heavy atom. The summed E-state index contributed by atoms with van der Waals surface area (Å²) >= 11 is 0. The normalized spacial score (nSPS) is 20.1. The topological polar surface area (TPSA) is 39.5 Å². The largest absolute Gasteiger partial charge is 0.543 e. The fraction of sp³-hybridized carbons (Fsp3) is 0.424. The highest BCUT2D eigenvalue weighted by atomic mass is 28.4. The number of hydrogen-bond acceptors (Lipinski definition) is 4. The molecular weight excluding hydrogens is 482 g/mol. The highest BCUT2D eigenvalue weighted by molar-refractivity contribution is 6.74. The molecule has 0 aliphatic carbocycles. The molecule has 0 unspecified atom stereocenters. The quantitative estimate of drug-likeness (QED) is 0.297. The van der Waals surface area contributed by atoms with Crippen molar-refractivity contribution in [1.82, 2.24) is 9.80 Å². The molecule has 3 aromatic carbocycles. The lowest BCUT2D eigenvalue weighted by Crippen LogP contribution is -2.56. The van der Waals surface area contributed by atoms with Gasteiger partial charge in [0.25, 0.3) is 0 Å². The van der Waals surface area contributed by atoms with Crippen molar-refractivity contribution in [2.75, 3.05) is 13.1 Å². The highest BCUT2D eigenvalue weighted by Gasteiger charge is 2.39. The molecule has 1 fully saturated rings. The molecular formula is C33H43N3OSi. The van der Waals surface area contributed by atoms with Crippen molar-refractivity contribution < 1.29 is 4.43 Å². The van der Waals surface area contributed by atoms with Gasteiger partial charge in [-0.05, 0) is 72.9 Å². The fourth-order valence-electron chi connectivity index (χ4n) is 5.13. The third-order valence-electron chi connectivity index (χ3n) is 8.43. The second-order valence-electron chi connectivity index (χ2n) is 12.4. The molecule has 0 bridgehead atoms. The van der Waals surface area contributed by atoms with E-state index in [4.69, 9.17) is 4.43 Å². The van der Waals surface area contributed by atoms with Crippen LogP contribution in [-0.2, 0) is 6.54 Å². The molecule has 4 nitrogen and oxygen atoms in total. The van der Waals surface area contributed by atoms with Gasteiger partial charge in [0.05, 0.1) is 17.7 Å². The minimum absolute atomic E-state index is 0.0852. The van der Waals surface area contributed by atoms with Crippen molar-refractivity contribution in [2.45, 2.75) is 77.4 Å². The standard InChI is InChI=1S/C33H43N3OSi/c1-25-23-36(26(2)22-35(25)24-28-12-9-8-10-13-28)32(29-18-16-27(21-34)17-19-29)30-14-11-15-31(20-30)37-38(6,7)33(3,4)5/h8-20,25-26,32H,22-24H2,1-7H3/t25-,26+,32-/m1/s1. The highest BCUT2D eigenvalue weighted by Crippen LogP contribution is 2.39. The Hall–Kier alpha value is -2.91. The van der Waals surface area contributed by atoms with Crippen molar-refractivity contribution in [3.63, 3.8) is 0 Å². The van der Waals surface area contributed by atoms with Crippen LogP contribution in [0.2, 0.25) is 18.1 Å². The van der Waals surface area contributed by atoms with Gasteiger partial charge in [0.1, 0.15) is 5.75 Å². The van der Waals surface area contributed by atoms with Crippen LogP contribution in [0.15, 0.2) is 78.9 Å². The predicted octanol–water partition coefficient (Wildman–Crippen LogP) is 7.63. The summed E-state index contributed by atoms with van der Waals surface area (Å²) < 4.78 is 6.72. The van der Waals surface area contributed by atoms with E-state index in [-0.39, 0.29) is 11.1 Å². The van der Waals surface area contributed by atoms with E-state index in [1.54, 1.807) is 0 Å². The summed E-state index contributed by atoms with van der Waals surface area (Å²) in [7, 11) is -1.96. The summed E-state index contributed by atoms with van der Waals surface area (Å²) in [6.45, 7) is 19.1. The zero-order valence-corrected chi connectivity index (χ0v) is 25.1. The Morgan fingerprint density at radius 3 is 2.21 bits per heavy atom. The Morgan fingerprint density at radius 1 is 0.895 bits per heavy atom. The van der Waals surface area contributed by atoms with Crippen LogP contribution >= 0.6 is 0 Å². The lowest BCUT2D eigenvalue weighted by Gasteiger charge is -2.48. The minimum Gasteiger partial charge on any atom is -0.543 e. The van der Waals surface area contributed by atoms with Gasteiger partial charge in [0.15, 0.2) is 0 Å². The molecule has 200 valence electrons. The molecule has 1 saturated heterocycles. The van der Waals surface area contributed by atoms with Crippen LogP contribution in [0.3, 0.4) is 0 Å². The molecule has 3 aromatic rings. The maximum absolute atomic E-state index is 9.39. The van der Waals surface area contributed by atoms with Crippen LogP contribution in [0, 0.1) is 11.3 Å². The minimum atomic E-state index is -1.96. The van der Waals surface area contributed by atoms with Crippen LogP contribution in [0.1, 0.15) is 62.9 Å². The van der Waals surface area contributed by atoms with E-state index in [2.05, 4.69) is 130 Å². The van der Waals surface area contributed by atoms with Gasteiger partial charge in [0, 0.05) is 31.7 Å². The van der Waals surface area contributed by atoms with Crippen molar-refractivity contribution >= 4 is 8.32 Å². The molecule has 0 amide bonds. The van der Waals surface area contributed by atoms with Crippen molar-refractivity contribution in [3.8, 4) is 11.8 Å². The number of piperazine rings is 1. The smallest absolute Gasteiger partial charge is 0.250 e. The SMILES string of the molecule is C[C@@H]1CN([C@H](c2ccc(C#N)cc2)c2cccc(O[Si](C)(C)C(C)(C)C)c2)[C@@H](C)CN1Cc1ccccc1. The average molecular weight is 526 g/mol. The number of nitrogens with zero attached hydrogens (tertiary/aromatic N) is 3.